The Balaban J connectivity index is 2.24. The number of methoxy groups -OCH3 is 1. The lowest BCUT2D eigenvalue weighted by Crippen LogP contribution is -2.33. The standard InChI is InChI=1S/C14H13BF2O4/c1-20-11-3-4-12(15(18)19)9(6-11)8-21-14-7-10(16)2-5-13(14)17/h2-7,18-19H,8H2,1H3. The summed E-state index contributed by atoms with van der Waals surface area (Å²) < 4.78 is 36.7. The first-order valence-electron chi connectivity index (χ1n) is 6.12. The van der Waals surface area contributed by atoms with Gasteiger partial charge in [-0.05, 0) is 35.3 Å². The van der Waals surface area contributed by atoms with Crippen LogP contribution in [0.5, 0.6) is 11.5 Å². The quantitative estimate of drug-likeness (QED) is 0.814. The predicted molar refractivity (Wildman–Crippen MR) is 73.5 cm³/mol. The third-order valence-corrected chi connectivity index (χ3v) is 2.90. The molecule has 4 nitrogen and oxygen atoms in total. The number of hydrogen-bond acceptors (Lipinski definition) is 4. The summed E-state index contributed by atoms with van der Waals surface area (Å²) in [5.74, 6) is -1.10. The second kappa shape index (κ2) is 6.56. The lowest BCUT2D eigenvalue weighted by atomic mass is 9.77. The Morgan fingerprint density at radius 2 is 1.86 bits per heavy atom. The van der Waals surface area contributed by atoms with Gasteiger partial charge >= 0.3 is 7.12 Å². The van der Waals surface area contributed by atoms with Crippen LogP contribution >= 0.6 is 0 Å². The van der Waals surface area contributed by atoms with Crippen molar-refractivity contribution in [3.63, 3.8) is 0 Å². The summed E-state index contributed by atoms with van der Waals surface area (Å²) in [6.45, 7) is -0.162. The third-order valence-electron chi connectivity index (χ3n) is 2.90. The van der Waals surface area contributed by atoms with Crippen LogP contribution in [0.1, 0.15) is 5.56 Å². The number of ether oxygens (including phenoxy) is 2. The van der Waals surface area contributed by atoms with E-state index in [2.05, 4.69) is 0 Å². The van der Waals surface area contributed by atoms with Crippen LogP contribution in [0, 0.1) is 11.6 Å². The fraction of sp³-hybridized carbons (Fsp3) is 0.143. The highest BCUT2D eigenvalue weighted by Crippen LogP contribution is 2.20. The molecule has 7 heteroatoms. The van der Waals surface area contributed by atoms with Crippen molar-refractivity contribution in [1.82, 2.24) is 0 Å². The SMILES string of the molecule is COc1ccc(B(O)O)c(COc2cc(F)ccc2F)c1. The zero-order valence-electron chi connectivity index (χ0n) is 11.2. The van der Waals surface area contributed by atoms with Gasteiger partial charge in [0.1, 0.15) is 18.2 Å². The van der Waals surface area contributed by atoms with Crippen LogP contribution in [0.2, 0.25) is 0 Å². The Bertz CT molecular complexity index is 634. The molecule has 0 radical (unpaired) electrons. The Labute approximate surface area is 120 Å². The molecule has 0 aliphatic rings. The van der Waals surface area contributed by atoms with Gasteiger partial charge in [0.15, 0.2) is 11.6 Å². The number of benzene rings is 2. The van der Waals surface area contributed by atoms with Crippen LogP contribution in [0.25, 0.3) is 0 Å². The predicted octanol–water partition coefficient (Wildman–Crippen LogP) is 1.23. The Hall–Kier alpha value is -2.12. The van der Waals surface area contributed by atoms with Gasteiger partial charge in [0.25, 0.3) is 0 Å². The molecule has 2 aromatic carbocycles. The molecule has 2 N–H and O–H groups in total. The topological polar surface area (TPSA) is 58.9 Å². The van der Waals surface area contributed by atoms with E-state index in [1.807, 2.05) is 0 Å². The zero-order valence-corrected chi connectivity index (χ0v) is 11.2. The largest absolute Gasteiger partial charge is 0.497 e. The van der Waals surface area contributed by atoms with Crippen molar-refractivity contribution in [3.8, 4) is 11.5 Å². The average molecular weight is 294 g/mol. The zero-order chi connectivity index (χ0) is 15.4. The van der Waals surface area contributed by atoms with E-state index in [1.54, 1.807) is 6.07 Å². The lowest BCUT2D eigenvalue weighted by molar-refractivity contribution is 0.288. The van der Waals surface area contributed by atoms with Gasteiger partial charge in [0.05, 0.1) is 7.11 Å². The van der Waals surface area contributed by atoms with Gasteiger partial charge in [-0.25, -0.2) is 8.78 Å². The summed E-state index contributed by atoms with van der Waals surface area (Å²) >= 11 is 0. The van der Waals surface area contributed by atoms with Crippen LogP contribution < -0.4 is 14.9 Å². The maximum atomic E-state index is 13.5. The van der Waals surface area contributed by atoms with Gasteiger partial charge in [-0.2, -0.15) is 0 Å². The van der Waals surface area contributed by atoms with Gasteiger partial charge in [0, 0.05) is 6.07 Å². The fourth-order valence-corrected chi connectivity index (χ4v) is 1.83. The summed E-state index contributed by atoms with van der Waals surface area (Å²) in [7, 11) is -0.242. The molecule has 0 fully saturated rings. The maximum absolute atomic E-state index is 13.5. The fourth-order valence-electron chi connectivity index (χ4n) is 1.83. The first-order valence-corrected chi connectivity index (χ1v) is 6.12. The van der Waals surface area contributed by atoms with Crippen molar-refractivity contribution < 1.29 is 28.3 Å². The van der Waals surface area contributed by atoms with Crippen LogP contribution in [0.4, 0.5) is 8.78 Å². The van der Waals surface area contributed by atoms with Gasteiger partial charge < -0.3 is 19.5 Å². The van der Waals surface area contributed by atoms with Crippen LogP contribution in [0.3, 0.4) is 0 Å². The molecular formula is C14H13BF2O4. The molecule has 0 saturated carbocycles. The number of rotatable bonds is 5. The summed E-state index contributed by atoms with van der Waals surface area (Å²) in [6.07, 6.45) is 0. The first kappa shape index (κ1) is 15.3. The molecule has 0 aromatic heterocycles. The van der Waals surface area contributed by atoms with Gasteiger partial charge in [0.2, 0.25) is 0 Å². The molecule has 0 bridgehead atoms. The van der Waals surface area contributed by atoms with Crippen LogP contribution in [-0.2, 0) is 6.61 Å². The smallest absolute Gasteiger partial charge is 0.488 e. The van der Waals surface area contributed by atoms with Crippen LogP contribution in [-0.4, -0.2) is 24.3 Å². The van der Waals surface area contributed by atoms with Gasteiger partial charge in [-0.15, -0.1) is 0 Å². The molecule has 21 heavy (non-hydrogen) atoms. The highest BCUT2D eigenvalue weighted by Gasteiger charge is 2.17. The molecule has 0 spiro atoms. The normalized spacial score (nSPS) is 10.3. The van der Waals surface area contributed by atoms with Crippen LogP contribution in [0.15, 0.2) is 36.4 Å². The number of halogens is 2. The molecule has 2 rings (SSSR count). The molecule has 0 atom stereocenters. The molecule has 2 aromatic rings. The second-order valence-corrected chi connectivity index (χ2v) is 4.30. The highest BCUT2D eigenvalue weighted by molar-refractivity contribution is 6.59. The van der Waals surface area contributed by atoms with E-state index in [0.29, 0.717) is 11.3 Å². The van der Waals surface area contributed by atoms with E-state index in [0.717, 1.165) is 18.2 Å². The summed E-state index contributed by atoms with van der Waals surface area (Å²) in [5.41, 5.74) is 0.598. The monoisotopic (exact) mass is 294 g/mol. The number of hydrogen-bond donors (Lipinski definition) is 2. The molecule has 110 valence electrons. The lowest BCUT2D eigenvalue weighted by Gasteiger charge is -2.12. The van der Waals surface area contributed by atoms with Crippen molar-refractivity contribution in [1.29, 1.82) is 0 Å². The second-order valence-electron chi connectivity index (χ2n) is 4.30. The Kier molecular flexibility index (Phi) is 4.77. The molecule has 0 heterocycles. The van der Waals surface area contributed by atoms with E-state index in [-0.39, 0.29) is 17.8 Å². The molecular weight excluding hydrogens is 281 g/mol. The molecule has 0 amide bonds. The summed E-state index contributed by atoms with van der Waals surface area (Å²) in [5, 5.41) is 18.6. The minimum atomic E-state index is -1.70. The minimum Gasteiger partial charge on any atom is -0.497 e. The first-order chi connectivity index (χ1) is 10.0. The highest BCUT2D eigenvalue weighted by atomic mass is 19.1. The summed E-state index contributed by atoms with van der Waals surface area (Å²) in [6, 6.07) is 7.41. The van der Waals surface area contributed by atoms with Crippen molar-refractivity contribution in [2.75, 3.05) is 7.11 Å². The van der Waals surface area contributed by atoms with Gasteiger partial charge in [-0.1, -0.05) is 6.07 Å². The van der Waals surface area contributed by atoms with E-state index in [4.69, 9.17) is 9.47 Å². The Morgan fingerprint density at radius 3 is 2.52 bits per heavy atom. The van der Waals surface area contributed by atoms with Crippen molar-refractivity contribution >= 4 is 12.6 Å². The molecule has 0 saturated heterocycles. The van der Waals surface area contributed by atoms with Crippen molar-refractivity contribution in [2.45, 2.75) is 6.61 Å². The minimum absolute atomic E-state index is 0.162. The van der Waals surface area contributed by atoms with Crippen molar-refractivity contribution in [3.05, 3.63) is 53.6 Å². The van der Waals surface area contributed by atoms with E-state index in [1.165, 1.54) is 19.2 Å². The molecule has 0 aliphatic carbocycles. The third kappa shape index (κ3) is 3.71. The van der Waals surface area contributed by atoms with E-state index < -0.39 is 18.8 Å². The van der Waals surface area contributed by atoms with E-state index >= 15 is 0 Å². The molecule has 0 aliphatic heterocycles. The van der Waals surface area contributed by atoms with E-state index in [9.17, 15) is 18.8 Å². The van der Waals surface area contributed by atoms with Gasteiger partial charge in [-0.3, -0.25) is 0 Å². The average Bonchev–Trinajstić information content (AvgIpc) is 2.47. The Morgan fingerprint density at radius 1 is 1.10 bits per heavy atom. The maximum Gasteiger partial charge on any atom is 0.488 e. The van der Waals surface area contributed by atoms with Crippen molar-refractivity contribution in [2.24, 2.45) is 0 Å². The molecule has 0 unspecified atom stereocenters. The summed E-state index contributed by atoms with van der Waals surface area (Å²) in [4.78, 5) is 0.